The largest absolute Gasteiger partial charge is 0.0616 e. The average Bonchev–Trinajstić information content (AvgIpc) is 3.44. The van der Waals surface area contributed by atoms with E-state index >= 15 is 0 Å². The van der Waals surface area contributed by atoms with Crippen molar-refractivity contribution in [3.63, 3.8) is 0 Å². The SMILES string of the molecule is CC1(C)c2cc3c(cc2-c2c1ccc1c2ccc2cc4ccccc4cc21)C(C)(C)c1cc2ccc4cccc5ccc(c1-3)c2c45. The molecule has 0 saturated carbocycles. The molecule has 0 amide bonds. The lowest BCUT2D eigenvalue weighted by Crippen LogP contribution is -2.17. The normalized spacial score (nSPS) is 15.7. The van der Waals surface area contributed by atoms with Crippen molar-refractivity contribution in [1.29, 1.82) is 0 Å². The molecule has 46 heavy (non-hydrogen) atoms. The van der Waals surface area contributed by atoms with Crippen LogP contribution in [-0.4, -0.2) is 0 Å². The highest BCUT2D eigenvalue weighted by atomic mass is 14.5. The van der Waals surface area contributed by atoms with Crippen LogP contribution in [0.5, 0.6) is 0 Å². The van der Waals surface area contributed by atoms with Gasteiger partial charge in [-0.1, -0.05) is 119 Å². The van der Waals surface area contributed by atoms with E-state index in [1.807, 2.05) is 0 Å². The number of rotatable bonds is 0. The van der Waals surface area contributed by atoms with E-state index in [1.54, 1.807) is 0 Å². The summed E-state index contributed by atoms with van der Waals surface area (Å²) in [5, 5.41) is 16.1. The van der Waals surface area contributed by atoms with Gasteiger partial charge in [0.15, 0.2) is 0 Å². The molecule has 11 rings (SSSR count). The van der Waals surface area contributed by atoms with E-state index in [9.17, 15) is 0 Å². The van der Waals surface area contributed by atoms with Crippen molar-refractivity contribution in [2.45, 2.75) is 38.5 Å². The van der Waals surface area contributed by atoms with Gasteiger partial charge in [0, 0.05) is 10.8 Å². The van der Waals surface area contributed by atoms with Crippen LogP contribution in [0.25, 0.3) is 86.9 Å². The second-order valence-electron chi connectivity index (χ2n) is 14.9. The van der Waals surface area contributed by atoms with Gasteiger partial charge in [0.25, 0.3) is 0 Å². The van der Waals surface area contributed by atoms with Crippen LogP contribution in [0.3, 0.4) is 0 Å². The van der Waals surface area contributed by atoms with Crippen LogP contribution in [0.4, 0.5) is 0 Å². The number of hydrogen-bond acceptors (Lipinski definition) is 0. The molecule has 0 heteroatoms. The zero-order valence-electron chi connectivity index (χ0n) is 26.5. The number of hydrogen-bond donors (Lipinski definition) is 0. The Morgan fingerprint density at radius 1 is 0.326 bits per heavy atom. The standard InChI is InChI=1S/C46H32/c1-45(2)37-19-18-31-32(16-15-29-20-27-8-5-6-9-28(27)21-34(29)31)43(37)35-23-39-36(24-38(35)45)44-33-17-14-26-11-7-10-25-12-13-30(42(33)41(25)26)22-40(44)46(39,3)4/h5-24H,1-4H3. The second kappa shape index (κ2) is 7.95. The van der Waals surface area contributed by atoms with Crippen LogP contribution in [0.1, 0.15) is 49.9 Å². The molecule has 0 aliphatic heterocycles. The molecule has 2 aliphatic rings. The first-order valence-corrected chi connectivity index (χ1v) is 16.6. The molecule has 0 saturated heterocycles. The third-order valence-corrected chi connectivity index (χ3v) is 11.9. The molecule has 0 atom stereocenters. The van der Waals surface area contributed by atoms with Gasteiger partial charge >= 0.3 is 0 Å². The Kier molecular flexibility index (Phi) is 4.33. The van der Waals surface area contributed by atoms with E-state index in [-0.39, 0.29) is 10.8 Å². The topological polar surface area (TPSA) is 0 Å². The first-order valence-electron chi connectivity index (χ1n) is 16.6. The van der Waals surface area contributed by atoms with Gasteiger partial charge < -0.3 is 0 Å². The fraction of sp³-hybridized carbons (Fsp3) is 0.130. The molecule has 0 nitrogen and oxygen atoms in total. The number of benzene rings is 9. The summed E-state index contributed by atoms with van der Waals surface area (Å²) in [6.45, 7) is 9.72. The van der Waals surface area contributed by atoms with E-state index in [4.69, 9.17) is 0 Å². The molecule has 0 N–H and O–H groups in total. The molecule has 216 valence electrons. The monoisotopic (exact) mass is 584 g/mol. The molecule has 0 aromatic heterocycles. The molecule has 0 radical (unpaired) electrons. The van der Waals surface area contributed by atoms with Crippen molar-refractivity contribution in [2.24, 2.45) is 0 Å². The highest BCUT2D eigenvalue weighted by molar-refractivity contribution is 6.27. The molecule has 9 aromatic carbocycles. The maximum absolute atomic E-state index is 2.58. The minimum atomic E-state index is -0.104. The minimum absolute atomic E-state index is 0.0943. The van der Waals surface area contributed by atoms with Crippen molar-refractivity contribution in [2.75, 3.05) is 0 Å². The maximum Gasteiger partial charge on any atom is 0.0159 e. The molecule has 9 aromatic rings. The molecule has 0 heterocycles. The number of fused-ring (bicyclic) bond motifs is 12. The molecule has 0 unspecified atom stereocenters. The van der Waals surface area contributed by atoms with Gasteiger partial charge in [-0.2, -0.15) is 0 Å². The predicted octanol–water partition coefficient (Wildman–Crippen LogP) is 12.7. The van der Waals surface area contributed by atoms with Crippen molar-refractivity contribution in [3.05, 3.63) is 144 Å². The summed E-state index contributed by atoms with van der Waals surface area (Å²) in [4.78, 5) is 0. The summed E-state index contributed by atoms with van der Waals surface area (Å²) in [6.07, 6.45) is 0. The quantitative estimate of drug-likeness (QED) is 0.123. The van der Waals surface area contributed by atoms with Crippen LogP contribution in [0, 0.1) is 0 Å². The highest BCUT2D eigenvalue weighted by Gasteiger charge is 2.43. The van der Waals surface area contributed by atoms with Crippen LogP contribution >= 0.6 is 0 Å². The third-order valence-electron chi connectivity index (χ3n) is 11.9. The first-order chi connectivity index (χ1) is 22.3. The summed E-state index contributed by atoms with van der Waals surface area (Å²) < 4.78 is 0. The van der Waals surface area contributed by atoms with Crippen molar-refractivity contribution >= 4 is 64.6 Å². The Morgan fingerprint density at radius 3 is 1.65 bits per heavy atom. The van der Waals surface area contributed by atoms with Crippen LogP contribution < -0.4 is 0 Å². The minimum Gasteiger partial charge on any atom is -0.0616 e. The highest BCUT2D eigenvalue weighted by Crippen LogP contribution is 2.59. The molecule has 0 spiro atoms. The molecular weight excluding hydrogens is 553 g/mol. The fourth-order valence-corrected chi connectivity index (χ4v) is 9.57. The van der Waals surface area contributed by atoms with Gasteiger partial charge in [0.1, 0.15) is 0 Å². The second-order valence-corrected chi connectivity index (χ2v) is 14.9. The smallest absolute Gasteiger partial charge is 0.0159 e. The lowest BCUT2D eigenvalue weighted by atomic mass is 9.79. The van der Waals surface area contributed by atoms with E-state index in [0.717, 1.165) is 0 Å². The summed E-state index contributed by atoms with van der Waals surface area (Å²) in [7, 11) is 0. The van der Waals surface area contributed by atoms with Crippen LogP contribution in [0.15, 0.2) is 121 Å². The average molecular weight is 585 g/mol. The Balaban J connectivity index is 1.22. The predicted molar refractivity (Wildman–Crippen MR) is 198 cm³/mol. The Morgan fingerprint density at radius 2 is 0.891 bits per heavy atom. The first kappa shape index (κ1) is 25.0. The molecule has 0 bridgehead atoms. The van der Waals surface area contributed by atoms with Crippen molar-refractivity contribution < 1.29 is 0 Å². The Labute approximate surface area is 268 Å². The zero-order valence-corrected chi connectivity index (χ0v) is 26.5. The maximum atomic E-state index is 2.58. The van der Waals surface area contributed by atoms with E-state index in [0.29, 0.717) is 0 Å². The van der Waals surface area contributed by atoms with Crippen LogP contribution in [-0.2, 0) is 10.8 Å². The fourth-order valence-electron chi connectivity index (χ4n) is 9.57. The third kappa shape index (κ3) is 2.84. The molecule has 0 fully saturated rings. The summed E-state index contributed by atoms with van der Waals surface area (Å²) >= 11 is 0. The van der Waals surface area contributed by atoms with Crippen molar-refractivity contribution in [3.8, 4) is 22.3 Å². The van der Waals surface area contributed by atoms with Gasteiger partial charge in [-0.15, -0.1) is 0 Å². The van der Waals surface area contributed by atoms with Gasteiger partial charge in [0.05, 0.1) is 0 Å². The summed E-state index contributed by atoms with van der Waals surface area (Å²) in [5.41, 5.74) is 11.3. The van der Waals surface area contributed by atoms with Crippen LogP contribution in [0.2, 0.25) is 0 Å². The summed E-state index contributed by atoms with van der Waals surface area (Å²) in [5.74, 6) is 0. The summed E-state index contributed by atoms with van der Waals surface area (Å²) in [6, 6.07) is 46.7. The molecule has 2 aliphatic carbocycles. The van der Waals surface area contributed by atoms with Gasteiger partial charge in [0.2, 0.25) is 0 Å². The molecular formula is C46H32. The Bertz CT molecular complexity index is 2830. The van der Waals surface area contributed by atoms with Gasteiger partial charge in [-0.3, -0.25) is 0 Å². The zero-order chi connectivity index (χ0) is 30.7. The van der Waals surface area contributed by atoms with Gasteiger partial charge in [-0.05, 0) is 139 Å². The lowest BCUT2D eigenvalue weighted by molar-refractivity contribution is 0.652. The van der Waals surface area contributed by atoms with E-state index < -0.39 is 0 Å². The lowest BCUT2D eigenvalue weighted by Gasteiger charge is -2.24. The van der Waals surface area contributed by atoms with E-state index in [1.165, 1.54) is 109 Å². The Hall–Kier alpha value is -5.20. The van der Waals surface area contributed by atoms with Gasteiger partial charge in [-0.25, -0.2) is 0 Å². The van der Waals surface area contributed by atoms with E-state index in [2.05, 4.69) is 149 Å². The van der Waals surface area contributed by atoms with Crippen molar-refractivity contribution in [1.82, 2.24) is 0 Å².